The molecule has 30 heavy (non-hydrogen) atoms. The Bertz CT molecular complexity index is 1070. The average Bonchev–Trinajstić information content (AvgIpc) is 3.13. The number of nitrogens with zero attached hydrogens (tertiary/aromatic N) is 2. The largest absolute Gasteiger partial charge is 0.463 e. The molecule has 4 rings (SSSR count). The minimum Gasteiger partial charge on any atom is -0.463 e. The van der Waals surface area contributed by atoms with Gasteiger partial charge in [-0.15, -0.1) is 0 Å². The van der Waals surface area contributed by atoms with Crippen molar-refractivity contribution in [2.75, 3.05) is 20.6 Å². The minimum atomic E-state index is 0.0385. The van der Waals surface area contributed by atoms with Gasteiger partial charge in [-0.25, -0.2) is 0 Å². The number of benzene rings is 2. The molecule has 3 aromatic rings. The molecule has 2 heterocycles. The zero-order valence-corrected chi connectivity index (χ0v) is 18.0. The zero-order valence-electron chi connectivity index (χ0n) is 17.3. The van der Waals surface area contributed by atoms with E-state index < -0.39 is 0 Å². The minimum absolute atomic E-state index is 0.0385. The molecular formula is C25H25ClN2O2. The van der Waals surface area contributed by atoms with Crippen LogP contribution in [0.5, 0.6) is 0 Å². The summed E-state index contributed by atoms with van der Waals surface area (Å²) in [5.74, 6) is 1.90. The summed E-state index contributed by atoms with van der Waals surface area (Å²) < 4.78 is 5.98. The van der Waals surface area contributed by atoms with Crippen molar-refractivity contribution in [3.8, 4) is 0 Å². The summed E-state index contributed by atoms with van der Waals surface area (Å²) in [6.45, 7) is 2.01. The van der Waals surface area contributed by atoms with Crippen LogP contribution in [-0.4, -0.2) is 36.3 Å². The molecule has 1 amide bonds. The van der Waals surface area contributed by atoms with E-state index in [1.165, 1.54) is 5.56 Å². The average molecular weight is 421 g/mol. The van der Waals surface area contributed by atoms with Crippen molar-refractivity contribution in [3.05, 3.63) is 93.4 Å². The highest BCUT2D eigenvalue weighted by molar-refractivity contribution is 6.30. The summed E-state index contributed by atoms with van der Waals surface area (Å²) >= 11 is 6.03. The van der Waals surface area contributed by atoms with Crippen LogP contribution in [0.15, 0.2) is 59.0 Å². The van der Waals surface area contributed by atoms with Crippen molar-refractivity contribution in [3.63, 3.8) is 0 Å². The first kappa shape index (κ1) is 20.5. The van der Waals surface area contributed by atoms with Crippen LogP contribution >= 0.6 is 11.6 Å². The number of furan rings is 1. The van der Waals surface area contributed by atoms with Crippen LogP contribution in [-0.2, 0) is 19.5 Å². The van der Waals surface area contributed by atoms with Gasteiger partial charge < -0.3 is 14.2 Å². The summed E-state index contributed by atoms with van der Waals surface area (Å²) in [6.07, 6.45) is 4.86. The Morgan fingerprint density at radius 2 is 1.87 bits per heavy atom. The fraction of sp³-hybridized carbons (Fsp3) is 0.240. The van der Waals surface area contributed by atoms with Gasteiger partial charge in [-0.3, -0.25) is 4.79 Å². The third-order valence-corrected chi connectivity index (χ3v) is 5.40. The second kappa shape index (κ2) is 8.90. The Labute approximate surface area is 182 Å². The lowest BCUT2D eigenvalue weighted by Gasteiger charge is -2.26. The highest BCUT2D eigenvalue weighted by Crippen LogP contribution is 2.25. The Kier molecular flexibility index (Phi) is 6.07. The van der Waals surface area contributed by atoms with Crippen LogP contribution in [0.2, 0.25) is 5.02 Å². The van der Waals surface area contributed by atoms with Gasteiger partial charge in [0.2, 0.25) is 0 Å². The Morgan fingerprint density at radius 1 is 1.10 bits per heavy atom. The molecule has 0 aliphatic carbocycles. The molecule has 0 spiro atoms. The molecule has 0 bridgehead atoms. The normalized spacial score (nSPS) is 13.8. The van der Waals surface area contributed by atoms with Crippen LogP contribution < -0.4 is 0 Å². The quantitative estimate of drug-likeness (QED) is 0.521. The van der Waals surface area contributed by atoms with Crippen molar-refractivity contribution in [1.82, 2.24) is 9.80 Å². The van der Waals surface area contributed by atoms with E-state index in [9.17, 15) is 4.79 Å². The Hall–Kier alpha value is -2.82. The van der Waals surface area contributed by atoms with E-state index in [4.69, 9.17) is 16.0 Å². The van der Waals surface area contributed by atoms with Gasteiger partial charge in [0, 0.05) is 17.1 Å². The van der Waals surface area contributed by atoms with Gasteiger partial charge in [0.15, 0.2) is 0 Å². The molecule has 1 aliphatic rings. The smallest absolute Gasteiger partial charge is 0.254 e. The van der Waals surface area contributed by atoms with Gasteiger partial charge in [-0.1, -0.05) is 48.0 Å². The van der Waals surface area contributed by atoms with Gasteiger partial charge in [0.25, 0.3) is 5.91 Å². The highest BCUT2D eigenvalue weighted by atomic mass is 35.5. The van der Waals surface area contributed by atoms with Gasteiger partial charge in [0.1, 0.15) is 11.5 Å². The topological polar surface area (TPSA) is 36.7 Å². The fourth-order valence-corrected chi connectivity index (χ4v) is 3.87. The summed E-state index contributed by atoms with van der Waals surface area (Å²) in [5, 5.41) is 0.716. The molecule has 0 atom stereocenters. The molecule has 2 aromatic carbocycles. The molecule has 1 aliphatic heterocycles. The Morgan fingerprint density at radius 3 is 2.60 bits per heavy atom. The summed E-state index contributed by atoms with van der Waals surface area (Å²) in [7, 11) is 4.04. The second-order valence-electron chi connectivity index (χ2n) is 7.89. The molecule has 5 heteroatoms. The van der Waals surface area contributed by atoms with E-state index in [0.717, 1.165) is 35.6 Å². The summed E-state index contributed by atoms with van der Waals surface area (Å²) in [5.41, 5.74) is 3.99. The van der Waals surface area contributed by atoms with E-state index in [0.29, 0.717) is 23.7 Å². The first-order valence-electron chi connectivity index (χ1n) is 10.1. The van der Waals surface area contributed by atoms with Crippen LogP contribution in [0, 0.1) is 0 Å². The van der Waals surface area contributed by atoms with Crippen molar-refractivity contribution in [2.45, 2.75) is 19.5 Å². The van der Waals surface area contributed by atoms with Gasteiger partial charge >= 0.3 is 0 Å². The standard InChI is InChI=1S/C25H25ClN2O2/c1-27(2)16-23-15-21-12-13-28(17-24(21)30-23)25(29)20-10-8-18(9-11-20)6-7-19-4-3-5-22(26)14-19/h3-11,14-15H,12-13,16-17H2,1-2H3. The molecule has 0 fully saturated rings. The lowest BCUT2D eigenvalue weighted by Crippen LogP contribution is -2.35. The predicted octanol–water partition coefficient (Wildman–Crippen LogP) is 5.36. The lowest BCUT2D eigenvalue weighted by atomic mass is 10.1. The number of rotatable bonds is 5. The molecule has 4 nitrogen and oxygen atoms in total. The first-order chi connectivity index (χ1) is 14.5. The maximum absolute atomic E-state index is 13.0. The maximum Gasteiger partial charge on any atom is 0.254 e. The zero-order chi connectivity index (χ0) is 21.1. The van der Waals surface area contributed by atoms with Crippen molar-refractivity contribution < 1.29 is 9.21 Å². The molecular weight excluding hydrogens is 396 g/mol. The second-order valence-corrected chi connectivity index (χ2v) is 8.32. The number of hydrogen-bond acceptors (Lipinski definition) is 3. The summed E-state index contributed by atoms with van der Waals surface area (Å²) in [6, 6.07) is 17.5. The molecule has 0 saturated carbocycles. The monoisotopic (exact) mass is 420 g/mol. The number of carbonyl (C=O) groups excluding carboxylic acids is 1. The summed E-state index contributed by atoms with van der Waals surface area (Å²) in [4.78, 5) is 16.9. The first-order valence-corrected chi connectivity index (χ1v) is 10.4. The third-order valence-electron chi connectivity index (χ3n) is 5.17. The third kappa shape index (κ3) is 4.84. The number of halogens is 1. The van der Waals surface area contributed by atoms with Crippen LogP contribution in [0.4, 0.5) is 0 Å². The van der Waals surface area contributed by atoms with E-state index >= 15 is 0 Å². The number of carbonyl (C=O) groups is 1. The van der Waals surface area contributed by atoms with Gasteiger partial charge in [-0.2, -0.15) is 0 Å². The number of fused-ring (bicyclic) bond motifs is 1. The number of hydrogen-bond donors (Lipinski definition) is 0. The lowest BCUT2D eigenvalue weighted by molar-refractivity contribution is 0.0718. The molecule has 0 unspecified atom stereocenters. The number of amides is 1. The molecule has 0 saturated heterocycles. The van der Waals surface area contributed by atoms with E-state index in [1.54, 1.807) is 0 Å². The fourth-order valence-electron chi connectivity index (χ4n) is 3.67. The van der Waals surface area contributed by atoms with Crippen molar-refractivity contribution in [2.24, 2.45) is 0 Å². The van der Waals surface area contributed by atoms with E-state index in [-0.39, 0.29) is 5.91 Å². The van der Waals surface area contributed by atoms with Crippen LogP contribution in [0.3, 0.4) is 0 Å². The Balaban J connectivity index is 1.42. The molecule has 0 N–H and O–H groups in total. The maximum atomic E-state index is 13.0. The van der Waals surface area contributed by atoms with E-state index in [1.807, 2.05) is 79.7 Å². The predicted molar refractivity (Wildman–Crippen MR) is 121 cm³/mol. The SMILES string of the molecule is CN(C)Cc1cc2c(o1)CN(C(=O)c1ccc(C=Cc3cccc(Cl)c3)cc1)CC2. The van der Waals surface area contributed by atoms with Crippen molar-refractivity contribution in [1.29, 1.82) is 0 Å². The molecule has 1 aromatic heterocycles. The van der Waals surface area contributed by atoms with Crippen LogP contribution in [0.25, 0.3) is 12.2 Å². The van der Waals surface area contributed by atoms with Crippen molar-refractivity contribution >= 4 is 29.7 Å². The van der Waals surface area contributed by atoms with Gasteiger partial charge in [0.05, 0.1) is 13.1 Å². The molecule has 154 valence electrons. The van der Waals surface area contributed by atoms with Gasteiger partial charge in [-0.05, 0) is 67.5 Å². The van der Waals surface area contributed by atoms with Crippen LogP contribution in [0.1, 0.15) is 38.6 Å². The van der Waals surface area contributed by atoms with E-state index in [2.05, 4.69) is 11.0 Å². The highest BCUT2D eigenvalue weighted by Gasteiger charge is 2.25. The molecule has 0 radical (unpaired) electrons.